The molecule has 1 fully saturated rings. The maximum Gasteiger partial charge on any atom is 0.181 e. The first-order valence-corrected chi connectivity index (χ1v) is 9.46. The molecule has 5 nitrogen and oxygen atoms in total. The van der Waals surface area contributed by atoms with Crippen molar-refractivity contribution in [2.24, 2.45) is 0 Å². The van der Waals surface area contributed by atoms with E-state index in [9.17, 15) is 4.39 Å². The van der Waals surface area contributed by atoms with Gasteiger partial charge in [-0.05, 0) is 25.6 Å². The second kappa shape index (κ2) is 8.27. The first kappa shape index (κ1) is 19.0. The molecule has 6 heteroatoms. The quantitative estimate of drug-likeness (QED) is 0.822. The highest BCUT2D eigenvalue weighted by molar-refractivity contribution is 5.55. The van der Waals surface area contributed by atoms with Crippen molar-refractivity contribution in [3.8, 4) is 11.4 Å². The molecule has 1 aromatic carbocycles. The number of nitrogens with zero attached hydrogens (tertiary/aromatic N) is 5. The number of hydrogen-bond acceptors (Lipinski definition) is 4. The molecule has 1 saturated heterocycles. The summed E-state index contributed by atoms with van der Waals surface area (Å²) in [5.74, 6) is 2.31. The maximum absolute atomic E-state index is 13.1. The van der Waals surface area contributed by atoms with Gasteiger partial charge in [-0.3, -0.25) is 0 Å². The fourth-order valence-electron chi connectivity index (χ4n) is 3.54. The van der Waals surface area contributed by atoms with Crippen LogP contribution in [-0.2, 0) is 6.54 Å². The lowest BCUT2D eigenvalue weighted by Crippen LogP contribution is -2.27. The molecule has 3 rings (SSSR count). The zero-order chi connectivity index (χ0) is 18.7. The zero-order valence-corrected chi connectivity index (χ0v) is 16.3. The van der Waals surface area contributed by atoms with Gasteiger partial charge in [0, 0.05) is 37.7 Å². The molecule has 2 heterocycles. The third-order valence-corrected chi connectivity index (χ3v) is 5.12. The second-order valence-electron chi connectivity index (χ2n) is 7.70. The van der Waals surface area contributed by atoms with Gasteiger partial charge in [0.25, 0.3) is 0 Å². The molecule has 0 bridgehead atoms. The number of alkyl halides is 1. The van der Waals surface area contributed by atoms with E-state index in [-0.39, 0.29) is 12.5 Å². The van der Waals surface area contributed by atoms with Gasteiger partial charge in [0.15, 0.2) is 5.82 Å². The highest BCUT2D eigenvalue weighted by Crippen LogP contribution is 2.24. The van der Waals surface area contributed by atoms with E-state index in [0.717, 1.165) is 37.6 Å². The van der Waals surface area contributed by atoms with Crippen LogP contribution in [0.2, 0.25) is 0 Å². The first-order chi connectivity index (χ1) is 12.5. The minimum absolute atomic E-state index is 0.232. The minimum atomic E-state index is -0.430. The van der Waals surface area contributed by atoms with Crippen LogP contribution in [0.15, 0.2) is 24.3 Å². The van der Waals surface area contributed by atoms with Gasteiger partial charge in [0.05, 0.1) is 6.54 Å². The van der Waals surface area contributed by atoms with Crippen molar-refractivity contribution < 1.29 is 4.39 Å². The van der Waals surface area contributed by atoms with Crippen LogP contribution in [0.4, 0.5) is 4.39 Å². The monoisotopic (exact) mass is 359 g/mol. The van der Waals surface area contributed by atoms with Crippen LogP contribution in [0.1, 0.15) is 37.1 Å². The van der Waals surface area contributed by atoms with Gasteiger partial charge in [-0.15, -0.1) is 0 Å². The summed E-state index contributed by atoms with van der Waals surface area (Å²) in [4.78, 5) is 9.48. The molecular weight excluding hydrogens is 329 g/mol. The fourth-order valence-corrected chi connectivity index (χ4v) is 3.54. The van der Waals surface area contributed by atoms with Gasteiger partial charge in [0.2, 0.25) is 0 Å². The largest absolute Gasteiger partial charge is 0.304 e. The lowest BCUT2D eigenvalue weighted by Gasteiger charge is -2.20. The van der Waals surface area contributed by atoms with E-state index in [2.05, 4.69) is 67.1 Å². The van der Waals surface area contributed by atoms with Crippen molar-refractivity contribution >= 4 is 0 Å². The molecule has 0 N–H and O–H groups in total. The molecule has 1 aliphatic heterocycles. The Hall–Kier alpha value is -1.79. The molecule has 0 spiro atoms. The Morgan fingerprint density at radius 3 is 2.23 bits per heavy atom. The van der Waals surface area contributed by atoms with E-state index in [0.29, 0.717) is 11.7 Å². The molecular formula is C20H30FN5. The number of benzene rings is 1. The minimum Gasteiger partial charge on any atom is -0.304 e. The summed E-state index contributed by atoms with van der Waals surface area (Å²) in [5, 5.41) is 4.63. The Kier molecular flexibility index (Phi) is 6.04. The van der Waals surface area contributed by atoms with Crippen molar-refractivity contribution in [3.63, 3.8) is 0 Å². The third-order valence-electron chi connectivity index (χ3n) is 5.12. The van der Waals surface area contributed by atoms with Crippen LogP contribution >= 0.6 is 0 Å². The SMILES string of the molecule is CC(C)c1ccc(-c2nc(C3CN(C)CCN(C)C3)n(CCF)n2)cc1. The molecule has 26 heavy (non-hydrogen) atoms. The van der Waals surface area contributed by atoms with Crippen LogP contribution in [0, 0.1) is 0 Å². The van der Waals surface area contributed by atoms with Crippen LogP contribution in [-0.4, -0.2) is 71.5 Å². The van der Waals surface area contributed by atoms with E-state index in [1.807, 2.05) is 0 Å². The topological polar surface area (TPSA) is 37.2 Å². The predicted octanol–water partition coefficient (Wildman–Crippen LogP) is 3.00. The molecule has 0 saturated carbocycles. The smallest absolute Gasteiger partial charge is 0.181 e. The Labute approximate surface area is 155 Å². The summed E-state index contributed by atoms with van der Waals surface area (Å²) in [6.07, 6.45) is 0. The Balaban J connectivity index is 1.92. The van der Waals surface area contributed by atoms with Crippen molar-refractivity contribution in [3.05, 3.63) is 35.7 Å². The molecule has 0 atom stereocenters. The Morgan fingerprint density at radius 1 is 1.08 bits per heavy atom. The Morgan fingerprint density at radius 2 is 1.69 bits per heavy atom. The third kappa shape index (κ3) is 4.30. The standard InChI is InChI=1S/C20H30FN5/c1-15(2)16-5-7-17(8-6-16)19-22-20(26(23-19)10-9-21)18-13-24(3)11-12-25(4)14-18/h5-8,15,18H,9-14H2,1-4H3. The lowest BCUT2D eigenvalue weighted by molar-refractivity contribution is 0.320. The molecule has 0 radical (unpaired) electrons. The van der Waals surface area contributed by atoms with Crippen molar-refractivity contribution in [1.82, 2.24) is 24.6 Å². The van der Waals surface area contributed by atoms with Gasteiger partial charge in [-0.1, -0.05) is 38.1 Å². The molecule has 2 aromatic rings. The highest BCUT2D eigenvalue weighted by atomic mass is 19.1. The first-order valence-electron chi connectivity index (χ1n) is 9.46. The molecule has 0 unspecified atom stereocenters. The number of likely N-dealkylation sites (N-methyl/N-ethyl adjacent to an activating group) is 2. The summed E-state index contributed by atoms with van der Waals surface area (Å²) in [7, 11) is 4.27. The number of rotatable bonds is 5. The zero-order valence-electron chi connectivity index (χ0n) is 16.3. The number of halogens is 1. The van der Waals surface area contributed by atoms with E-state index in [1.165, 1.54) is 5.56 Å². The van der Waals surface area contributed by atoms with Crippen LogP contribution in [0.25, 0.3) is 11.4 Å². The van der Waals surface area contributed by atoms with Gasteiger partial charge in [0.1, 0.15) is 12.5 Å². The fraction of sp³-hybridized carbons (Fsp3) is 0.600. The average molecular weight is 359 g/mol. The molecule has 1 aliphatic rings. The van der Waals surface area contributed by atoms with Gasteiger partial charge >= 0.3 is 0 Å². The summed E-state index contributed by atoms with van der Waals surface area (Å²) in [5.41, 5.74) is 2.28. The van der Waals surface area contributed by atoms with Crippen molar-refractivity contribution in [2.75, 3.05) is 46.9 Å². The maximum atomic E-state index is 13.1. The second-order valence-corrected chi connectivity index (χ2v) is 7.70. The summed E-state index contributed by atoms with van der Waals surface area (Å²) < 4.78 is 14.9. The summed E-state index contributed by atoms with van der Waals surface area (Å²) in [6.45, 7) is 8.10. The molecule has 0 amide bonds. The molecule has 142 valence electrons. The van der Waals surface area contributed by atoms with E-state index >= 15 is 0 Å². The molecule has 0 aliphatic carbocycles. The van der Waals surface area contributed by atoms with E-state index in [4.69, 9.17) is 4.98 Å². The van der Waals surface area contributed by atoms with E-state index in [1.54, 1.807) is 4.68 Å². The summed E-state index contributed by atoms with van der Waals surface area (Å²) in [6, 6.07) is 8.39. The van der Waals surface area contributed by atoms with Gasteiger partial charge in [-0.25, -0.2) is 14.1 Å². The van der Waals surface area contributed by atoms with Crippen LogP contribution < -0.4 is 0 Å². The van der Waals surface area contributed by atoms with E-state index < -0.39 is 6.67 Å². The van der Waals surface area contributed by atoms with Crippen molar-refractivity contribution in [2.45, 2.75) is 32.2 Å². The number of aromatic nitrogens is 3. The normalized spacial score (nSPS) is 17.8. The molecule has 1 aromatic heterocycles. The summed E-state index contributed by atoms with van der Waals surface area (Å²) >= 11 is 0. The number of hydrogen-bond donors (Lipinski definition) is 0. The Bertz CT molecular complexity index is 697. The van der Waals surface area contributed by atoms with Crippen molar-refractivity contribution in [1.29, 1.82) is 0 Å². The average Bonchev–Trinajstić information content (AvgIpc) is 2.95. The van der Waals surface area contributed by atoms with Gasteiger partial charge < -0.3 is 9.80 Å². The highest BCUT2D eigenvalue weighted by Gasteiger charge is 2.26. The van der Waals surface area contributed by atoms with Crippen LogP contribution in [0.5, 0.6) is 0 Å². The van der Waals surface area contributed by atoms with Crippen LogP contribution in [0.3, 0.4) is 0 Å². The number of aryl methyl sites for hydroxylation is 1. The lowest BCUT2D eigenvalue weighted by atomic mass is 10.0. The van der Waals surface area contributed by atoms with Gasteiger partial charge in [-0.2, -0.15) is 5.10 Å². The predicted molar refractivity (Wildman–Crippen MR) is 103 cm³/mol.